The molecule has 0 aliphatic carbocycles. The minimum absolute atomic E-state index is 0.431. The lowest BCUT2D eigenvalue weighted by Crippen LogP contribution is -2.21. The molecule has 1 N–H and O–H groups in total. The van der Waals surface area contributed by atoms with Crippen LogP contribution in [0.25, 0.3) is 11.5 Å². The van der Waals surface area contributed by atoms with Crippen molar-refractivity contribution in [1.82, 2.24) is 10.2 Å². The van der Waals surface area contributed by atoms with Gasteiger partial charge in [0, 0.05) is 24.5 Å². The van der Waals surface area contributed by atoms with Gasteiger partial charge in [-0.25, -0.2) is 0 Å². The quantitative estimate of drug-likeness (QED) is 0.622. The number of rotatable bonds is 7. The Hall–Kier alpha value is -2.53. The molecule has 0 saturated heterocycles. The summed E-state index contributed by atoms with van der Waals surface area (Å²) in [7, 11) is 0. The van der Waals surface area contributed by atoms with E-state index in [1.807, 2.05) is 18.2 Å². The summed E-state index contributed by atoms with van der Waals surface area (Å²) in [5, 5.41) is 12.2. The first-order valence-electron chi connectivity index (χ1n) is 8.79. The molecule has 26 heavy (non-hydrogen) atoms. The number of hydrogen-bond donors (Lipinski definition) is 1. The molecule has 2 aromatic carbocycles. The minimum atomic E-state index is 0.431. The van der Waals surface area contributed by atoms with Gasteiger partial charge in [0.25, 0.3) is 0 Å². The Kier molecular flexibility index (Phi) is 5.78. The fourth-order valence-electron chi connectivity index (χ4n) is 2.87. The van der Waals surface area contributed by atoms with E-state index in [2.05, 4.69) is 59.4 Å². The van der Waals surface area contributed by atoms with E-state index in [4.69, 9.17) is 16.0 Å². The van der Waals surface area contributed by atoms with Crippen LogP contribution in [0.2, 0.25) is 5.02 Å². The number of benzene rings is 2. The second-order valence-electron chi connectivity index (χ2n) is 6.01. The van der Waals surface area contributed by atoms with Crippen molar-refractivity contribution in [3.8, 4) is 11.5 Å². The summed E-state index contributed by atoms with van der Waals surface area (Å²) in [6, 6.07) is 13.8. The number of nitrogens with zero attached hydrogens (tertiary/aromatic N) is 3. The molecule has 0 atom stereocenters. The van der Waals surface area contributed by atoms with Crippen molar-refractivity contribution < 1.29 is 4.42 Å². The molecule has 136 valence electrons. The molecule has 0 saturated carbocycles. The fourth-order valence-corrected chi connectivity index (χ4v) is 3.09. The highest BCUT2D eigenvalue weighted by atomic mass is 35.5. The Labute approximate surface area is 159 Å². The lowest BCUT2D eigenvalue weighted by Gasteiger charge is -2.22. The highest BCUT2D eigenvalue weighted by Crippen LogP contribution is 2.27. The largest absolute Gasteiger partial charge is 0.419 e. The van der Waals surface area contributed by atoms with Gasteiger partial charge in [-0.15, -0.1) is 10.2 Å². The van der Waals surface area contributed by atoms with E-state index in [0.29, 0.717) is 23.3 Å². The van der Waals surface area contributed by atoms with Crippen molar-refractivity contribution in [2.45, 2.75) is 27.3 Å². The first-order valence-corrected chi connectivity index (χ1v) is 9.17. The van der Waals surface area contributed by atoms with Crippen molar-refractivity contribution in [2.75, 3.05) is 23.3 Å². The zero-order chi connectivity index (χ0) is 18.5. The second-order valence-corrected chi connectivity index (χ2v) is 6.41. The number of hydrogen-bond acceptors (Lipinski definition) is 5. The van der Waals surface area contributed by atoms with Crippen LogP contribution >= 0.6 is 11.6 Å². The van der Waals surface area contributed by atoms with Gasteiger partial charge in [0.2, 0.25) is 11.8 Å². The van der Waals surface area contributed by atoms with Crippen molar-refractivity contribution in [2.24, 2.45) is 0 Å². The van der Waals surface area contributed by atoms with Crippen LogP contribution in [0.3, 0.4) is 0 Å². The van der Waals surface area contributed by atoms with E-state index in [1.165, 1.54) is 11.3 Å². The standard InChI is InChI=1S/C20H23ClN4O/c1-4-25(5-2)15-10-11-18(14(3)12-15)22-13-19-23-24-20(26-19)16-8-6-7-9-17(16)21/h6-12,22H,4-5,13H2,1-3H3. The number of aromatic nitrogens is 2. The van der Waals surface area contributed by atoms with Gasteiger partial charge in [-0.3, -0.25) is 0 Å². The first-order chi connectivity index (χ1) is 12.6. The third-order valence-corrected chi connectivity index (χ3v) is 4.67. The van der Waals surface area contributed by atoms with E-state index in [9.17, 15) is 0 Å². The van der Waals surface area contributed by atoms with Gasteiger partial charge in [-0.05, 0) is 56.7 Å². The maximum Gasteiger partial charge on any atom is 0.249 e. The summed E-state index contributed by atoms with van der Waals surface area (Å²) in [5.74, 6) is 0.952. The molecule has 0 bridgehead atoms. The van der Waals surface area contributed by atoms with E-state index in [0.717, 1.165) is 24.3 Å². The molecule has 1 aromatic heterocycles. The fraction of sp³-hybridized carbons (Fsp3) is 0.300. The van der Waals surface area contributed by atoms with Crippen molar-refractivity contribution in [1.29, 1.82) is 0 Å². The summed E-state index contributed by atoms with van der Waals surface area (Å²) < 4.78 is 5.73. The maximum atomic E-state index is 6.18. The Bertz CT molecular complexity index is 874. The van der Waals surface area contributed by atoms with Gasteiger partial charge < -0.3 is 14.6 Å². The molecule has 1 heterocycles. The molecule has 3 rings (SSSR count). The van der Waals surface area contributed by atoms with E-state index in [-0.39, 0.29) is 0 Å². The lowest BCUT2D eigenvalue weighted by atomic mass is 10.1. The first kappa shape index (κ1) is 18.3. The van der Waals surface area contributed by atoms with Crippen molar-refractivity contribution in [3.63, 3.8) is 0 Å². The molecular formula is C20H23ClN4O. The predicted octanol–water partition coefficient (Wildman–Crippen LogP) is 5.16. The zero-order valence-electron chi connectivity index (χ0n) is 15.3. The molecule has 0 unspecified atom stereocenters. The summed E-state index contributed by atoms with van der Waals surface area (Å²) in [6.45, 7) is 8.88. The van der Waals surface area contributed by atoms with E-state index >= 15 is 0 Å². The van der Waals surface area contributed by atoms with Crippen molar-refractivity contribution >= 4 is 23.0 Å². The number of nitrogens with one attached hydrogen (secondary N) is 1. The van der Waals surface area contributed by atoms with E-state index in [1.54, 1.807) is 6.07 Å². The summed E-state index contributed by atoms with van der Waals surface area (Å²) in [4.78, 5) is 2.32. The normalized spacial score (nSPS) is 10.8. The molecule has 6 heteroatoms. The van der Waals surface area contributed by atoms with Gasteiger partial charge in [-0.1, -0.05) is 23.7 Å². The maximum absolute atomic E-state index is 6.18. The third-order valence-electron chi connectivity index (χ3n) is 4.34. The third kappa shape index (κ3) is 3.99. The summed E-state index contributed by atoms with van der Waals surface area (Å²) in [6.07, 6.45) is 0. The smallest absolute Gasteiger partial charge is 0.249 e. The van der Waals surface area contributed by atoms with Crippen molar-refractivity contribution in [3.05, 3.63) is 58.9 Å². The Balaban J connectivity index is 1.69. The number of aryl methyl sites for hydroxylation is 1. The van der Waals surface area contributed by atoms with Crippen LogP contribution < -0.4 is 10.2 Å². The highest BCUT2D eigenvalue weighted by Gasteiger charge is 2.12. The monoisotopic (exact) mass is 370 g/mol. The molecular weight excluding hydrogens is 348 g/mol. The molecule has 3 aromatic rings. The van der Waals surface area contributed by atoms with Gasteiger partial charge >= 0.3 is 0 Å². The van der Waals surface area contributed by atoms with Crippen LogP contribution in [0.15, 0.2) is 46.9 Å². The lowest BCUT2D eigenvalue weighted by molar-refractivity contribution is 0.515. The van der Waals surface area contributed by atoms with Crippen LogP contribution in [-0.4, -0.2) is 23.3 Å². The zero-order valence-corrected chi connectivity index (χ0v) is 16.0. The minimum Gasteiger partial charge on any atom is -0.419 e. The van der Waals surface area contributed by atoms with E-state index < -0.39 is 0 Å². The number of halogens is 1. The predicted molar refractivity (Wildman–Crippen MR) is 107 cm³/mol. The van der Waals surface area contributed by atoms with Gasteiger partial charge in [0.05, 0.1) is 17.1 Å². The molecule has 0 aliphatic rings. The molecule has 0 amide bonds. The second kappa shape index (κ2) is 8.23. The van der Waals surface area contributed by atoms with Crippen LogP contribution in [-0.2, 0) is 6.54 Å². The topological polar surface area (TPSA) is 54.2 Å². The van der Waals surface area contributed by atoms with Crippen LogP contribution in [0.5, 0.6) is 0 Å². The van der Waals surface area contributed by atoms with Crippen LogP contribution in [0.4, 0.5) is 11.4 Å². The van der Waals surface area contributed by atoms with Crippen LogP contribution in [0, 0.1) is 6.92 Å². The molecule has 0 radical (unpaired) electrons. The Morgan fingerprint density at radius 2 is 1.85 bits per heavy atom. The molecule has 0 spiro atoms. The average molecular weight is 371 g/mol. The van der Waals surface area contributed by atoms with Gasteiger partial charge in [0.15, 0.2) is 0 Å². The summed E-state index contributed by atoms with van der Waals surface area (Å²) in [5.41, 5.74) is 4.21. The van der Waals surface area contributed by atoms with Gasteiger partial charge in [-0.2, -0.15) is 0 Å². The number of anilines is 2. The summed E-state index contributed by atoms with van der Waals surface area (Å²) >= 11 is 6.18. The Morgan fingerprint density at radius 1 is 1.08 bits per heavy atom. The SMILES string of the molecule is CCN(CC)c1ccc(NCc2nnc(-c3ccccc3Cl)o2)c(C)c1. The average Bonchev–Trinajstić information content (AvgIpc) is 3.11. The van der Waals surface area contributed by atoms with Crippen LogP contribution in [0.1, 0.15) is 25.3 Å². The molecule has 0 aliphatic heterocycles. The molecule has 0 fully saturated rings. The Morgan fingerprint density at radius 3 is 2.54 bits per heavy atom. The molecule has 5 nitrogen and oxygen atoms in total. The van der Waals surface area contributed by atoms with Gasteiger partial charge in [0.1, 0.15) is 0 Å². The highest BCUT2D eigenvalue weighted by molar-refractivity contribution is 6.33.